The number of carbonyl (C=O) groups is 1. The number of ether oxygens (including phenoxy) is 1. The first-order chi connectivity index (χ1) is 10.2. The molecule has 6 nitrogen and oxygen atoms in total. The summed E-state index contributed by atoms with van der Waals surface area (Å²) < 4.78 is 5.54. The Labute approximate surface area is 123 Å². The predicted molar refractivity (Wildman–Crippen MR) is 79.4 cm³/mol. The van der Waals surface area contributed by atoms with E-state index >= 15 is 0 Å². The van der Waals surface area contributed by atoms with Crippen LogP contribution in [0.25, 0.3) is 0 Å². The van der Waals surface area contributed by atoms with Gasteiger partial charge in [0.1, 0.15) is 11.6 Å². The summed E-state index contributed by atoms with van der Waals surface area (Å²) >= 11 is 0. The minimum Gasteiger partial charge on any atom is -0.494 e. The van der Waals surface area contributed by atoms with Gasteiger partial charge in [0.05, 0.1) is 6.61 Å². The van der Waals surface area contributed by atoms with Gasteiger partial charge >= 0.3 is 0 Å². The number of rotatable bonds is 7. The van der Waals surface area contributed by atoms with Crippen LogP contribution in [0.5, 0.6) is 5.75 Å². The normalized spacial score (nSPS) is 10.6. The van der Waals surface area contributed by atoms with Crippen molar-refractivity contribution < 1.29 is 9.53 Å². The number of hydrogen-bond donors (Lipinski definition) is 2. The molecule has 1 aromatic heterocycles. The maximum atomic E-state index is 11.8. The molecule has 0 spiro atoms. The van der Waals surface area contributed by atoms with Crippen LogP contribution in [0.3, 0.4) is 0 Å². The van der Waals surface area contributed by atoms with Crippen LogP contribution in [0, 0.1) is 0 Å². The molecule has 0 atom stereocenters. The van der Waals surface area contributed by atoms with Crippen molar-refractivity contribution in [1.29, 1.82) is 0 Å². The molecule has 1 amide bonds. The number of benzene rings is 1. The van der Waals surface area contributed by atoms with E-state index in [1.807, 2.05) is 44.2 Å². The summed E-state index contributed by atoms with van der Waals surface area (Å²) in [6, 6.07) is 9.59. The first kappa shape index (κ1) is 15.0. The summed E-state index contributed by atoms with van der Waals surface area (Å²) in [6.07, 6.45) is 0.724. The van der Waals surface area contributed by atoms with Crippen molar-refractivity contribution in [2.75, 3.05) is 13.2 Å². The van der Waals surface area contributed by atoms with E-state index in [1.54, 1.807) is 0 Å². The molecule has 1 heterocycles. The molecule has 112 valence electrons. The number of hydrogen-bond acceptors (Lipinski definition) is 4. The first-order valence-electron chi connectivity index (χ1n) is 7.05. The highest BCUT2D eigenvalue weighted by Crippen LogP contribution is 2.08. The first-order valence-corrected chi connectivity index (χ1v) is 7.05. The molecule has 0 unspecified atom stereocenters. The maximum Gasteiger partial charge on any atom is 0.290 e. The summed E-state index contributed by atoms with van der Waals surface area (Å²) in [5, 5.41) is 9.44. The number of nitrogens with one attached hydrogen (secondary N) is 2. The Morgan fingerprint density at radius 3 is 2.76 bits per heavy atom. The Morgan fingerprint density at radius 2 is 2.10 bits per heavy atom. The van der Waals surface area contributed by atoms with Crippen molar-refractivity contribution in [2.45, 2.75) is 26.2 Å². The molecule has 6 heteroatoms. The minimum atomic E-state index is -0.266. The lowest BCUT2D eigenvalue weighted by Gasteiger charge is -2.06. The topological polar surface area (TPSA) is 79.9 Å². The molecule has 0 aliphatic heterocycles. The number of carbonyl (C=O) groups excluding carboxylic acids is 1. The average Bonchev–Trinajstić information content (AvgIpc) is 2.98. The zero-order chi connectivity index (χ0) is 15.1. The molecule has 2 rings (SSSR count). The van der Waals surface area contributed by atoms with Crippen LogP contribution in [-0.2, 0) is 0 Å². The summed E-state index contributed by atoms with van der Waals surface area (Å²) in [7, 11) is 0. The van der Waals surface area contributed by atoms with E-state index < -0.39 is 0 Å². The average molecular weight is 288 g/mol. The summed E-state index contributed by atoms with van der Waals surface area (Å²) in [5.41, 5.74) is 0. The molecule has 1 aromatic carbocycles. The smallest absolute Gasteiger partial charge is 0.290 e. The van der Waals surface area contributed by atoms with E-state index in [-0.39, 0.29) is 17.6 Å². The molecule has 0 fully saturated rings. The van der Waals surface area contributed by atoms with Gasteiger partial charge in [-0.3, -0.25) is 9.89 Å². The van der Waals surface area contributed by atoms with Gasteiger partial charge < -0.3 is 10.1 Å². The molecule has 2 aromatic rings. The van der Waals surface area contributed by atoms with Gasteiger partial charge in [-0.05, 0) is 18.6 Å². The second-order valence-corrected chi connectivity index (χ2v) is 4.97. The Hall–Kier alpha value is -2.37. The fourth-order valence-corrected chi connectivity index (χ4v) is 1.69. The van der Waals surface area contributed by atoms with Crippen LogP contribution in [-0.4, -0.2) is 34.2 Å². The minimum absolute atomic E-state index is 0.183. The number of amides is 1. The summed E-state index contributed by atoms with van der Waals surface area (Å²) in [5.74, 6) is 1.69. The molecule has 0 aliphatic rings. The molecule has 0 saturated heterocycles. The van der Waals surface area contributed by atoms with E-state index in [0.717, 1.165) is 12.2 Å². The van der Waals surface area contributed by atoms with E-state index in [1.165, 1.54) is 0 Å². The van der Waals surface area contributed by atoms with E-state index in [0.29, 0.717) is 19.0 Å². The Balaban J connectivity index is 1.67. The quantitative estimate of drug-likeness (QED) is 0.765. The second kappa shape index (κ2) is 7.42. The molecular formula is C15H20N4O2. The van der Waals surface area contributed by atoms with Crippen LogP contribution in [0.1, 0.15) is 42.6 Å². The number of H-pyrrole nitrogens is 1. The highest BCUT2D eigenvalue weighted by Gasteiger charge is 2.13. The molecular weight excluding hydrogens is 268 g/mol. The van der Waals surface area contributed by atoms with E-state index in [2.05, 4.69) is 20.5 Å². The number of para-hydroxylation sites is 1. The summed E-state index contributed by atoms with van der Waals surface area (Å²) in [4.78, 5) is 16.0. The lowest BCUT2D eigenvalue weighted by atomic mass is 10.2. The van der Waals surface area contributed by atoms with E-state index in [4.69, 9.17) is 4.74 Å². The van der Waals surface area contributed by atoms with Crippen LogP contribution in [0.4, 0.5) is 0 Å². The maximum absolute atomic E-state index is 11.8. The highest BCUT2D eigenvalue weighted by molar-refractivity contribution is 5.90. The van der Waals surface area contributed by atoms with Gasteiger partial charge in [0.15, 0.2) is 0 Å². The van der Waals surface area contributed by atoms with Gasteiger partial charge in [-0.25, -0.2) is 4.98 Å². The summed E-state index contributed by atoms with van der Waals surface area (Å²) in [6.45, 7) is 5.05. The third kappa shape index (κ3) is 4.59. The lowest BCUT2D eigenvalue weighted by molar-refractivity contribution is 0.0941. The van der Waals surface area contributed by atoms with Crippen LogP contribution >= 0.6 is 0 Å². The third-order valence-corrected chi connectivity index (χ3v) is 2.87. The zero-order valence-corrected chi connectivity index (χ0v) is 12.3. The monoisotopic (exact) mass is 288 g/mol. The molecule has 0 aliphatic carbocycles. The lowest BCUT2D eigenvalue weighted by Crippen LogP contribution is -2.26. The van der Waals surface area contributed by atoms with Crippen LogP contribution < -0.4 is 10.1 Å². The van der Waals surface area contributed by atoms with Crippen molar-refractivity contribution in [3.05, 3.63) is 42.0 Å². The largest absolute Gasteiger partial charge is 0.494 e. The highest BCUT2D eigenvalue weighted by atomic mass is 16.5. The molecule has 0 radical (unpaired) electrons. The zero-order valence-electron chi connectivity index (χ0n) is 12.3. The van der Waals surface area contributed by atoms with Gasteiger partial charge in [0.2, 0.25) is 5.82 Å². The third-order valence-electron chi connectivity index (χ3n) is 2.87. The van der Waals surface area contributed by atoms with Crippen LogP contribution in [0.2, 0.25) is 0 Å². The van der Waals surface area contributed by atoms with Crippen molar-refractivity contribution in [2.24, 2.45) is 0 Å². The van der Waals surface area contributed by atoms with Gasteiger partial charge in [-0.1, -0.05) is 32.0 Å². The van der Waals surface area contributed by atoms with Crippen molar-refractivity contribution in [1.82, 2.24) is 20.5 Å². The number of aromatic nitrogens is 3. The molecule has 2 N–H and O–H groups in total. The van der Waals surface area contributed by atoms with Crippen molar-refractivity contribution in [3.8, 4) is 5.75 Å². The molecule has 0 bridgehead atoms. The van der Waals surface area contributed by atoms with Gasteiger partial charge in [0.25, 0.3) is 5.91 Å². The number of nitrogens with zero attached hydrogens (tertiary/aromatic N) is 2. The van der Waals surface area contributed by atoms with Crippen molar-refractivity contribution >= 4 is 5.91 Å². The molecule has 0 saturated carbocycles. The fraction of sp³-hybridized carbons (Fsp3) is 0.400. The standard InChI is InChI=1S/C15H20N4O2/c1-11(2)13-17-14(19-18-13)15(20)16-9-6-10-21-12-7-4-3-5-8-12/h3-5,7-8,11H,6,9-10H2,1-2H3,(H,16,20)(H,17,18,19). The van der Waals surface area contributed by atoms with Gasteiger partial charge in [-0.15, -0.1) is 5.10 Å². The van der Waals surface area contributed by atoms with Crippen molar-refractivity contribution in [3.63, 3.8) is 0 Å². The Morgan fingerprint density at radius 1 is 1.33 bits per heavy atom. The Bertz CT molecular complexity index is 566. The van der Waals surface area contributed by atoms with Gasteiger partial charge in [-0.2, -0.15) is 0 Å². The van der Waals surface area contributed by atoms with Crippen LogP contribution in [0.15, 0.2) is 30.3 Å². The SMILES string of the molecule is CC(C)c1nc(C(=O)NCCCOc2ccccc2)n[nH]1. The fourth-order valence-electron chi connectivity index (χ4n) is 1.69. The number of aromatic amines is 1. The van der Waals surface area contributed by atoms with E-state index in [9.17, 15) is 4.79 Å². The van der Waals surface area contributed by atoms with Gasteiger partial charge in [0, 0.05) is 12.5 Å². The Kier molecular flexibility index (Phi) is 5.31. The molecule has 21 heavy (non-hydrogen) atoms. The predicted octanol–water partition coefficient (Wildman–Crippen LogP) is 2.13. The second-order valence-electron chi connectivity index (χ2n) is 4.97.